The van der Waals surface area contributed by atoms with Crippen molar-refractivity contribution in [1.82, 2.24) is 19.1 Å². The van der Waals surface area contributed by atoms with E-state index in [-0.39, 0.29) is 55.9 Å². The van der Waals surface area contributed by atoms with Crippen molar-refractivity contribution in [3.05, 3.63) is 62.1 Å². The summed E-state index contributed by atoms with van der Waals surface area (Å²) in [5.74, 6) is -2.03. The molecule has 0 radical (unpaired) electrons. The first-order chi connectivity index (χ1) is 21.2. The molecule has 6 rings (SSSR count). The third-order valence-corrected chi connectivity index (χ3v) is 8.72. The average Bonchev–Trinajstić information content (AvgIpc) is 3.48. The van der Waals surface area contributed by atoms with Crippen molar-refractivity contribution in [1.29, 1.82) is 0 Å². The molecule has 2 amide bonds. The van der Waals surface area contributed by atoms with E-state index >= 15 is 0 Å². The fourth-order valence-electron chi connectivity index (χ4n) is 5.94. The second kappa shape index (κ2) is 11.3. The van der Waals surface area contributed by atoms with Gasteiger partial charge in [-0.05, 0) is 30.0 Å². The number of fused-ring (bicyclic) bond motifs is 2. The van der Waals surface area contributed by atoms with Crippen LogP contribution in [0.25, 0.3) is 22.2 Å². The van der Waals surface area contributed by atoms with Crippen LogP contribution in [-0.2, 0) is 29.0 Å². The molecule has 12 nitrogen and oxygen atoms in total. The van der Waals surface area contributed by atoms with E-state index in [4.69, 9.17) is 38.7 Å². The predicted molar refractivity (Wildman–Crippen MR) is 168 cm³/mol. The molecule has 1 fully saturated rings. The fraction of sp³-hybridized carbons (Fsp3) is 0.367. The zero-order chi connectivity index (χ0) is 32.4. The van der Waals surface area contributed by atoms with E-state index in [0.717, 1.165) is 0 Å². The van der Waals surface area contributed by atoms with Gasteiger partial charge in [0.15, 0.2) is 0 Å². The van der Waals surface area contributed by atoms with Gasteiger partial charge in [-0.1, -0.05) is 37.0 Å². The molecule has 5 heterocycles. The molecule has 4 aromatic rings. The van der Waals surface area contributed by atoms with Crippen LogP contribution in [0.2, 0.25) is 10.0 Å². The van der Waals surface area contributed by atoms with Gasteiger partial charge in [-0.2, -0.15) is 4.39 Å². The van der Waals surface area contributed by atoms with Gasteiger partial charge >= 0.3 is 0 Å². The van der Waals surface area contributed by atoms with E-state index < -0.39 is 23.5 Å². The van der Waals surface area contributed by atoms with Crippen molar-refractivity contribution in [2.24, 2.45) is 11.1 Å². The van der Waals surface area contributed by atoms with Crippen LogP contribution in [0.3, 0.4) is 0 Å². The highest BCUT2D eigenvalue weighted by Crippen LogP contribution is 2.38. The van der Waals surface area contributed by atoms with Crippen LogP contribution in [0, 0.1) is 11.4 Å². The van der Waals surface area contributed by atoms with Gasteiger partial charge in [0.1, 0.15) is 34.6 Å². The number of morpholine rings is 1. The number of nitrogens with zero attached hydrogens (tertiary/aromatic N) is 5. The topological polar surface area (TPSA) is 158 Å². The number of carbonyl (C=O) groups is 2. The number of nitrogens with one attached hydrogen (secondary N) is 1. The van der Waals surface area contributed by atoms with Crippen LogP contribution in [0.1, 0.15) is 37.0 Å². The Balaban J connectivity index is 1.42. The van der Waals surface area contributed by atoms with Gasteiger partial charge in [0.2, 0.25) is 11.9 Å². The largest absolute Gasteiger partial charge is 0.506 e. The maximum Gasteiger partial charge on any atom is 0.263 e. The minimum absolute atomic E-state index is 0.0339. The van der Waals surface area contributed by atoms with E-state index in [1.165, 1.54) is 22.8 Å². The molecule has 45 heavy (non-hydrogen) atoms. The molecular weight excluding hydrogens is 628 g/mol. The third kappa shape index (κ3) is 5.60. The second-order valence-electron chi connectivity index (χ2n) is 12.1. The Morgan fingerprint density at radius 2 is 2.00 bits per heavy atom. The first-order valence-electron chi connectivity index (χ1n) is 14.2. The van der Waals surface area contributed by atoms with Gasteiger partial charge in [0.05, 0.1) is 40.9 Å². The molecular formula is C30H30Cl2FN7O5. The molecule has 0 aliphatic carbocycles. The maximum absolute atomic E-state index is 14.8. The van der Waals surface area contributed by atoms with Crippen molar-refractivity contribution in [2.75, 3.05) is 30.0 Å². The second-order valence-corrected chi connectivity index (χ2v) is 12.9. The molecule has 0 bridgehead atoms. The van der Waals surface area contributed by atoms with Crippen LogP contribution in [-0.4, -0.2) is 61.8 Å². The Morgan fingerprint density at radius 3 is 2.71 bits per heavy atom. The smallest absolute Gasteiger partial charge is 0.263 e. The lowest BCUT2D eigenvalue weighted by Crippen LogP contribution is -2.44. The molecule has 1 unspecified atom stereocenters. The Morgan fingerprint density at radius 1 is 1.24 bits per heavy atom. The molecule has 15 heteroatoms. The fourth-order valence-corrected chi connectivity index (χ4v) is 6.30. The first kappa shape index (κ1) is 30.8. The van der Waals surface area contributed by atoms with Gasteiger partial charge in [0.25, 0.3) is 11.5 Å². The lowest BCUT2D eigenvalue weighted by atomic mass is 9.92. The van der Waals surface area contributed by atoms with Crippen LogP contribution < -0.4 is 21.5 Å². The number of halogens is 3. The third-order valence-electron chi connectivity index (χ3n) is 8.07. The number of anilines is 2. The predicted octanol–water partition coefficient (Wildman–Crippen LogP) is 3.96. The molecule has 2 aliphatic rings. The number of amides is 2. The molecule has 0 saturated carbocycles. The number of pyridine rings is 1. The van der Waals surface area contributed by atoms with Crippen molar-refractivity contribution in [3.8, 4) is 16.9 Å². The quantitative estimate of drug-likeness (QED) is 0.263. The number of phenols is 1. The van der Waals surface area contributed by atoms with E-state index in [1.54, 1.807) is 10.8 Å². The van der Waals surface area contributed by atoms with E-state index in [0.29, 0.717) is 55.5 Å². The van der Waals surface area contributed by atoms with Crippen molar-refractivity contribution in [2.45, 2.75) is 46.3 Å². The number of hydrogen-bond acceptors (Lipinski definition) is 8. The van der Waals surface area contributed by atoms with Gasteiger partial charge < -0.3 is 30.4 Å². The SMILES string of the molecule is CC1COCCN1c1cc(NC(=O)Cn2cc(-c3cc(Cl)c(O)c(C(N)=O)c3)c3c(=O)n4c(nc32)CC(C)(C)C4)c(Cl)c(F)n1. The number of benzene rings is 1. The van der Waals surface area contributed by atoms with E-state index in [9.17, 15) is 23.9 Å². The van der Waals surface area contributed by atoms with Crippen molar-refractivity contribution < 1.29 is 23.8 Å². The van der Waals surface area contributed by atoms with Crippen LogP contribution in [0.5, 0.6) is 5.75 Å². The molecule has 4 N–H and O–H groups in total. The number of nitrogens with two attached hydrogens (primary N) is 1. The minimum Gasteiger partial charge on any atom is -0.506 e. The number of carbonyl (C=O) groups excluding carboxylic acids is 2. The van der Waals surface area contributed by atoms with Crippen LogP contribution >= 0.6 is 23.2 Å². The van der Waals surface area contributed by atoms with Crippen LogP contribution in [0.15, 0.2) is 29.2 Å². The van der Waals surface area contributed by atoms with Crippen LogP contribution in [0.4, 0.5) is 15.9 Å². The highest BCUT2D eigenvalue weighted by molar-refractivity contribution is 6.34. The average molecular weight is 659 g/mol. The zero-order valence-electron chi connectivity index (χ0n) is 24.7. The normalized spacial score (nSPS) is 17.5. The van der Waals surface area contributed by atoms with Gasteiger partial charge in [-0.3, -0.25) is 19.0 Å². The molecule has 2 aliphatic heterocycles. The summed E-state index contributed by atoms with van der Waals surface area (Å²) >= 11 is 12.5. The Kier molecular flexibility index (Phi) is 7.74. The van der Waals surface area contributed by atoms with Gasteiger partial charge in [0, 0.05) is 37.3 Å². The summed E-state index contributed by atoms with van der Waals surface area (Å²) in [6, 6.07) is 4.17. The molecule has 1 aromatic carbocycles. The van der Waals surface area contributed by atoms with Gasteiger partial charge in [-0.25, -0.2) is 9.97 Å². The number of ether oxygens (including phenoxy) is 1. The molecule has 1 saturated heterocycles. The summed E-state index contributed by atoms with van der Waals surface area (Å²) in [6.07, 6.45) is 2.08. The maximum atomic E-state index is 14.8. The van der Waals surface area contributed by atoms with Gasteiger partial charge in [-0.15, -0.1) is 0 Å². The highest BCUT2D eigenvalue weighted by Gasteiger charge is 2.33. The monoisotopic (exact) mass is 657 g/mol. The Bertz CT molecular complexity index is 1960. The molecule has 3 aromatic heterocycles. The number of primary amides is 1. The molecule has 1 atom stereocenters. The van der Waals surface area contributed by atoms with E-state index in [2.05, 4.69) is 10.3 Å². The molecule has 0 spiro atoms. The summed E-state index contributed by atoms with van der Waals surface area (Å²) in [7, 11) is 0. The standard InChI is InChI=1S/C30H30Cl2FN7O5/c1-14-12-45-5-4-39(14)20-8-19(24(32)26(33)36-20)35-22(41)11-38-10-17(15-6-16(27(34)43)25(42)18(31)7-15)23-28(38)37-21-9-30(2,3)13-40(21)29(23)44/h6-8,10,14,42H,4-5,9,11-13H2,1-3H3,(H2,34,43)(H,35,36,41). The lowest BCUT2D eigenvalue weighted by molar-refractivity contribution is -0.116. The summed E-state index contributed by atoms with van der Waals surface area (Å²) in [5.41, 5.74) is 5.59. The summed E-state index contributed by atoms with van der Waals surface area (Å²) in [5, 5.41) is 12.7. The highest BCUT2D eigenvalue weighted by atomic mass is 35.5. The Hall–Kier alpha value is -4.20. The molecule has 236 valence electrons. The number of aromatic nitrogens is 4. The summed E-state index contributed by atoms with van der Waals surface area (Å²) < 4.78 is 23.4. The number of hydrogen-bond donors (Lipinski definition) is 3. The number of rotatable bonds is 6. The summed E-state index contributed by atoms with van der Waals surface area (Å²) in [6.45, 7) is 7.46. The minimum atomic E-state index is -0.931. The number of aromatic hydroxyl groups is 1. The first-order valence-corrected chi connectivity index (χ1v) is 14.9. The van der Waals surface area contributed by atoms with E-state index in [1.807, 2.05) is 25.7 Å². The lowest BCUT2D eigenvalue weighted by Gasteiger charge is -2.34. The Labute approximate surface area is 266 Å². The van der Waals surface area contributed by atoms with Crippen molar-refractivity contribution in [3.63, 3.8) is 0 Å². The zero-order valence-corrected chi connectivity index (χ0v) is 26.2. The van der Waals surface area contributed by atoms with Crippen molar-refractivity contribution >= 4 is 57.6 Å². The summed E-state index contributed by atoms with van der Waals surface area (Å²) in [4.78, 5) is 50.0.